The van der Waals surface area contributed by atoms with Crippen molar-refractivity contribution in [2.45, 2.75) is 81.1 Å². The maximum absolute atomic E-state index is 12.9. The second kappa shape index (κ2) is 9.87. The van der Waals surface area contributed by atoms with Gasteiger partial charge in [-0.05, 0) is 39.0 Å². The van der Waals surface area contributed by atoms with Crippen LogP contribution < -0.4 is 11.1 Å². The quantitative estimate of drug-likeness (QED) is 0.369. The Balaban J connectivity index is 2.09. The molecule has 9 heteroatoms. The Morgan fingerprint density at radius 2 is 2.00 bits per heavy atom. The Labute approximate surface area is 165 Å². The minimum atomic E-state index is -1.36. The number of carbonyl (C=O) groups is 1. The van der Waals surface area contributed by atoms with Gasteiger partial charge >= 0.3 is 0 Å². The fourth-order valence-corrected chi connectivity index (χ4v) is 4.85. The summed E-state index contributed by atoms with van der Waals surface area (Å²) in [7, 11) is 1.94. The zero-order chi connectivity index (χ0) is 20.3. The van der Waals surface area contributed by atoms with Gasteiger partial charge in [0.1, 0.15) is 29.9 Å². The van der Waals surface area contributed by atoms with Crippen LogP contribution in [0.25, 0.3) is 0 Å². The van der Waals surface area contributed by atoms with Gasteiger partial charge in [-0.25, -0.2) is 0 Å². The molecule has 0 aromatic carbocycles. The highest BCUT2D eigenvalue weighted by atomic mass is 32.2. The van der Waals surface area contributed by atoms with Crippen LogP contribution in [0.2, 0.25) is 0 Å². The lowest BCUT2D eigenvalue weighted by atomic mass is 9.91. The molecule has 27 heavy (non-hydrogen) atoms. The highest BCUT2D eigenvalue weighted by molar-refractivity contribution is 7.99. The highest BCUT2D eigenvalue weighted by Gasteiger charge is 2.48. The van der Waals surface area contributed by atoms with Crippen molar-refractivity contribution in [1.29, 1.82) is 0 Å². The maximum atomic E-state index is 12.9. The first kappa shape index (κ1) is 22.9. The van der Waals surface area contributed by atoms with Crippen molar-refractivity contribution in [2.75, 3.05) is 19.8 Å². The van der Waals surface area contributed by atoms with E-state index in [2.05, 4.69) is 17.1 Å². The number of carbonyl (C=O) groups excluding carboxylic acids is 1. The molecular weight excluding hydrogens is 370 g/mol. The van der Waals surface area contributed by atoms with Gasteiger partial charge in [-0.2, -0.15) is 0 Å². The SMILES string of the molecule is CCC[C@@H]1C[C@@H](C(=O)N[C@@H](C2OC(SC)C(O)C(O)C2O)[C@H](C)N)N(C)C1. The molecule has 0 radical (unpaired) electrons. The molecule has 0 aromatic rings. The van der Waals surface area contributed by atoms with Crippen LogP contribution in [-0.4, -0.2) is 94.0 Å². The molecular formula is C18H35N3O5S. The fourth-order valence-electron chi connectivity index (χ4n) is 4.17. The molecule has 2 saturated heterocycles. The molecule has 0 spiro atoms. The number of likely N-dealkylation sites (tertiary alicyclic amines) is 1. The van der Waals surface area contributed by atoms with Crippen molar-refractivity contribution in [2.24, 2.45) is 11.7 Å². The molecule has 1 amide bonds. The molecule has 2 aliphatic heterocycles. The zero-order valence-corrected chi connectivity index (χ0v) is 17.4. The largest absolute Gasteiger partial charge is 0.388 e. The predicted molar refractivity (Wildman–Crippen MR) is 105 cm³/mol. The third kappa shape index (κ3) is 5.14. The van der Waals surface area contributed by atoms with Crippen LogP contribution in [-0.2, 0) is 9.53 Å². The van der Waals surface area contributed by atoms with Gasteiger partial charge in [-0.15, -0.1) is 11.8 Å². The number of nitrogens with two attached hydrogens (primary N) is 1. The van der Waals surface area contributed by atoms with Crippen molar-refractivity contribution in [3.63, 3.8) is 0 Å². The fraction of sp³-hybridized carbons (Fsp3) is 0.944. The third-order valence-corrected chi connectivity index (χ3v) is 6.56. The molecule has 158 valence electrons. The van der Waals surface area contributed by atoms with Gasteiger partial charge in [-0.3, -0.25) is 9.69 Å². The average molecular weight is 406 g/mol. The summed E-state index contributed by atoms with van der Waals surface area (Å²) in [4.78, 5) is 15.0. The van der Waals surface area contributed by atoms with Gasteiger partial charge in [-0.1, -0.05) is 13.3 Å². The molecule has 9 atom stereocenters. The maximum Gasteiger partial charge on any atom is 0.237 e. The van der Waals surface area contributed by atoms with E-state index in [1.54, 1.807) is 13.2 Å². The Hall–Kier alpha value is -0.420. The van der Waals surface area contributed by atoms with Gasteiger partial charge < -0.3 is 31.1 Å². The number of hydrogen-bond acceptors (Lipinski definition) is 8. The van der Waals surface area contributed by atoms with Crippen LogP contribution in [0.4, 0.5) is 0 Å². The summed E-state index contributed by atoms with van der Waals surface area (Å²) in [6, 6.07) is -1.42. The molecule has 8 nitrogen and oxygen atoms in total. The number of thioether (sulfide) groups is 1. The molecule has 0 aromatic heterocycles. The Bertz CT molecular complexity index is 496. The molecule has 0 aliphatic carbocycles. The first-order chi connectivity index (χ1) is 12.7. The molecule has 0 bridgehead atoms. The van der Waals surface area contributed by atoms with E-state index in [0.717, 1.165) is 25.8 Å². The van der Waals surface area contributed by atoms with E-state index in [9.17, 15) is 20.1 Å². The van der Waals surface area contributed by atoms with Crippen molar-refractivity contribution < 1.29 is 24.9 Å². The second-order valence-electron chi connectivity index (χ2n) is 7.92. The molecule has 2 rings (SSSR count). The van der Waals surface area contributed by atoms with E-state index in [1.165, 1.54) is 11.8 Å². The highest BCUT2D eigenvalue weighted by Crippen LogP contribution is 2.30. The Morgan fingerprint density at radius 1 is 1.33 bits per heavy atom. The lowest BCUT2D eigenvalue weighted by molar-refractivity contribution is -0.206. The van der Waals surface area contributed by atoms with E-state index in [4.69, 9.17) is 10.5 Å². The standard InChI is InChI=1S/C18H35N3O5S/c1-5-6-10-7-11(21(3)8-10)17(25)20-12(9(2)19)16-14(23)13(22)15(24)18(26-16)27-4/h9-16,18,22-24H,5-8,19H2,1-4H3,(H,20,25)/t9-,10+,11-,12+,13?,14?,15?,16?,18?/m0/s1. The van der Waals surface area contributed by atoms with Gasteiger partial charge in [0.15, 0.2) is 0 Å². The average Bonchev–Trinajstić information content (AvgIpc) is 2.99. The van der Waals surface area contributed by atoms with Crippen molar-refractivity contribution in [3.8, 4) is 0 Å². The topological polar surface area (TPSA) is 128 Å². The number of aliphatic hydroxyl groups excluding tert-OH is 3. The van der Waals surface area contributed by atoms with Crippen molar-refractivity contribution >= 4 is 17.7 Å². The molecule has 2 fully saturated rings. The van der Waals surface area contributed by atoms with Crippen LogP contribution in [0, 0.1) is 5.92 Å². The van der Waals surface area contributed by atoms with E-state index in [1.807, 2.05) is 7.05 Å². The van der Waals surface area contributed by atoms with Gasteiger partial charge in [0.25, 0.3) is 0 Å². The van der Waals surface area contributed by atoms with Crippen molar-refractivity contribution in [1.82, 2.24) is 10.2 Å². The van der Waals surface area contributed by atoms with Crippen LogP contribution in [0.5, 0.6) is 0 Å². The number of hydrogen-bond donors (Lipinski definition) is 5. The number of likely N-dealkylation sites (N-methyl/N-ethyl adjacent to an activating group) is 1. The van der Waals surface area contributed by atoms with Crippen LogP contribution in [0.1, 0.15) is 33.1 Å². The van der Waals surface area contributed by atoms with Gasteiger partial charge in [0, 0.05) is 12.6 Å². The monoisotopic (exact) mass is 405 g/mol. The number of nitrogens with one attached hydrogen (secondary N) is 1. The summed E-state index contributed by atoms with van der Waals surface area (Å²) < 4.78 is 5.80. The lowest BCUT2D eigenvalue weighted by Crippen LogP contribution is -2.66. The predicted octanol–water partition coefficient (Wildman–Crippen LogP) is -0.891. The molecule has 2 aliphatic rings. The van der Waals surface area contributed by atoms with E-state index in [0.29, 0.717) is 5.92 Å². The summed E-state index contributed by atoms with van der Waals surface area (Å²) in [5, 5.41) is 33.6. The normalized spacial score (nSPS) is 39.9. The summed E-state index contributed by atoms with van der Waals surface area (Å²) >= 11 is 1.24. The number of amides is 1. The van der Waals surface area contributed by atoms with Crippen molar-refractivity contribution in [3.05, 3.63) is 0 Å². The summed E-state index contributed by atoms with van der Waals surface area (Å²) in [5.74, 6) is 0.356. The Kier molecular flexibility index (Phi) is 8.35. The van der Waals surface area contributed by atoms with Gasteiger partial charge in [0.05, 0.1) is 12.1 Å². The number of nitrogens with zero attached hydrogens (tertiary/aromatic N) is 1. The lowest BCUT2D eigenvalue weighted by Gasteiger charge is -2.44. The summed E-state index contributed by atoms with van der Waals surface area (Å²) in [5.41, 5.74) is 5.38. The number of aliphatic hydroxyl groups is 3. The number of rotatable bonds is 7. The Morgan fingerprint density at radius 3 is 2.56 bits per heavy atom. The zero-order valence-electron chi connectivity index (χ0n) is 16.6. The molecule has 0 saturated carbocycles. The second-order valence-corrected chi connectivity index (χ2v) is 8.85. The van der Waals surface area contributed by atoms with E-state index in [-0.39, 0.29) is 11.9 Å². The minimum Gasteiger partial charge on any atom is -0.388 e. The first-order valence-electron chi connectivity index (χ1n) is 9.69. The molecule has 2 heterocycles. The molecule has 5 unspecified atom stereocenters. The van der Waals surface area contributed by atoms with Crippen LogP contribution in [0.15, 0.2) is 0 Å². The van der Waals surface area contributed by atoms with E-state index >= 15 is 0 Å². The third-order valence-electron chi connectivity index (χ3n) is 5.70. The van der Waals surface area contributed by atoms with E-state index < -0.39 is 41.9 Å². The molecule has 6 N–H and O–H groups in total. The first-order valence-corrected chi connectivity index (χ1v) is 11.0. The minimum absolute atomic E-state index is 0.143. The number of ether oxygens (including phenoxy) is 1. The smallest absolute Gasteiger partial charge is 0.237 e. The van der Waals surface area contributed by atoms with Gasteiger partial charge in [0.2, 0.25) is 5.91 Å². The van der Waals surface area contributed by atoms with Crippen LogP contribution >= 0.6 is 11.8 Å². The van der Waals surface area contributed by atoms with Crippen LogP contribution in [0.3, 0.4) is 0 Å². The summed E-state index contributed by atoms with van der Waals surface area (Å²) in [6.07, 6.45) is -0.0747. The summed E-state index contributed by atoms with van der Waals surface area (Å²) in [6.45, 7) is 4.75.